The van der Waals surface area contributed by atoms with Gasteiger partial charge < -0.3 is 21.1 Å². The molecule has 0 aliphatic carbocycles. The summed E-state index contributed by atoms with van der Waals surface area (Å²) in [4.78, 5) is 29.6. The van der Waals surface area contributed by atoms with E-state index >= 15 is 0 Å². The molecule has 4 rings (SSSR count). The van der Waals surface area contributed by atoms with Gasteiger partial charge in [0.05, 0.1) is 5.56 Å². The predicted octanol–water partition coefficient (Wildman–Crippen LogP) is 3.69. The van der Waals surface area contributed by atoms with E-state index in [1.54, 1.807) is 19.1 Å². The van der Waals surface area contributed by atoms with Crippen molar-refractivity contribution in [1.29, 1.82) is 5.26 Å². The number of carbonyl (C=O) groups is 2. The third kappa shape index (κ3) is 6.68. The topological polar surface area (TPSA) is 132 Å². The first-order valence-electron chi connectivity index (χ1n) is 11.9. The first-order chi connectivity index (χ1) is 17.3. The number of nitrogen functional groups attached to an aromatic ring is 1. The molecule has 1 aliphatic rings. The summed E-state index contributed by atoms with van der Waals surface area (Å²) in [6.07, 6.45) is 3.91. The zero-order chi connectivity index (χ0) is 26.1. The molecule has 36 heavy (non-hydrogen) atoms. The molecule has 1 atom stereocenters. The number of nitrogens with one attached hydrogen (secondary N) is 1. The summed E-state index contributed by atoms with van der Waals surface area (Å²) in [7, 11) is 0. The number of aryl methyl sites for hydroxylation is 1. The summed E-state index contributed by atoms with van der Waals surface area (Å²) in [6, 6.07) is 19.1. The summed E-state index contributed by atoms with van der Waals surface area (Å²) in [5.41, 5.74) is 10.7. The number of rotatable bonds is 5. The minimum absolute atomic E-state index is 0.0668. The van der Waals surface area contributed by atoms with Gasteiger partial charge in [0, 0.05) is 43.6 Å². The lowest BCUT2D eigenvalue weighted by molar-refractivity contribution is -0.117. The molecule has 186 valence electrons. The van der Waals surface area contributed by atoms with Gasteiger partial charge in [-0.05, 0) is 79.3 Å². The van der Waals surface area contributed by atoms with E-state index in [4.69, 9.17) is 16.1 Å². The van der Waals surface area contributed by atoms with Crippen molar-refractivity contribution >= 4 is 23.3 Å². The molecule has 2 amide bonds. The van der Waals surface area contributed by atoms with Gasteiger partial charge in [0.1, 0.15) is 11.9 Å². The standard InChI is InChI=1S/C22H26N2O3.C6H5N3/c1-15-4-5-20-14-19(10-11-21(20)24(15)16(2)26)17-6-8-18(9-7-17)22(27)23-12-3-13-25;7-3-5-1-2-6(8)9-4-5/h6-11,14-15,25H,3-5,12-13H2,1-2H3,(H,23,27);1-2,4H,(H2,8,9)/t15-;/m0./s1. The van der Waals surface area contributed by atoms with E-state index in [2.05, 4.69) is 23.3 Å². The van der Waals surface area contributed by atoms with Crippen molar-refractivity contribution in [2.75, 3.05) is 23.8 Å². The van der Waals surface area contributed by atoms with Gasteiger partial charge in [0.25, 0.3) is 5.91 Å². The monoisotopic (exact) mass is 485 g/mol. The average molecular weight is 486 g/mol. The van der Waals surface area contributed by atoms with E-state index < -0.39 is 0 Å². The van der Waals surface area contributed by atoms with E-state index in [9.17, 15) is 9.59 Å². The molecule has 8 nitrogen and oxygen atoms in total. The molecule has 0 unspecified atom stereocenters. The highest BCUT2D eigenvalue weighted by Gasteiger charge is 2.26. The Balaban J connectivity index is 0.000000338. The van der Waals surface area contributed by atoms with Gasteiger partial charge in [0.2, 0.25) is 5.91 Å². The molecule has 0 radical (unpaired) electrons. The van der Waals surface area contributed by atoms with Crippen LogP contribution in [0.3, 0.4) is 0 Å². The van der Waals surface area contributed by atoms with Crippen molar-refractivity contribution < 1.29 is 14.7 Å². The first kappa shape index (κ1) is 26.4. The lowest BCUT2D eigenvalue weighted by Gasteiger charge is -2.34. The Hall–Kier alpha value is -4.22. The maximum absolute atomic E-state index is 12.1. The maximum Gasteiger partial charge on any atom is 0.251 e. The smallest absolute Gasteiger partial charge is 0.251 e. The van der Waals surface area contributed by atoms with Gasteiger partial charge in [-0.25, -0.2) is 4.98 Å². The molecule has 0 spiro atoms. The fourth-order valence-corrected chi connectivity index (χ4v) is 4.08. The van der Waals surface area contributed by atoms with Crippen LogP contribution in [0.15, 0.2) is 60.8 Å². The van der Waals surface area contributed by atoms with E-state index in [1.165, 1.54) is 11.8 Å². The third-order valence-corrected chi connectivity index (χ3v) is 5.97. The zero-order valence-corrected chi connectivity index (χ0v) is 20.6. The van der Waals surface area contributed by atoms with Crippen LogP contribution in [0.25, 0.3) is 11.1 Å². The molecule has 2 aromatic carbocycles. The van der Waals surface area contributed by atoms with Crippen molar-refractivity contribution in [3.8, 4) is 17.2 Å². The average Bonchev–Trinajstić information content (AvgIpc) is 2.89. The lowest BCUT2D eigenvalue weighted by atomic mass is 9.93. The van der Waals surface area contributed by atoms with E-state index in [0.29, 0.717) is 29.9 Å². The summed E-state index contributed by atoms with van der Waals surface area (Å²) >= 11 is 0. The normalized spacial score (nSPS) is 14.1. The largest absolute Gasteiger partial charge is 0.396 e. The molecule has 1 aliphatic heterocycles. The summed E-state index contributed by atoms with van der Waals surface area (Å²) in [5.74, 6) is 0.383. The SMILES string of the molecule is CC(=O)N1c2ccc(-c3ccc(C(=O)NCCCO)cc3)cc2CC[C@@H]1C.N#Cc1ccc(N)nc1. The van der Waals surface area contributed by atoms with Crippen LogP contribution < -0.4 is 16.0 Å². The Kier molecular flexibility index (Phi) is 9.14. The van der Waals surface area contributed by atoms with Gasteiger partial charge in [-0.3, -0.25) is 9.59 Å². The molecule has 0 saturated heterocycles. The lowest BCUT2D eigenvalue weighted by Crippen LogP contribution is -2.40. The maximum atomic E-state index is 12.1. The Labute approximate surface area is 211 Å². The number of hydrogen-bond acceptors (Lipinski definition) is 6. The minimum Gasteiger partial charge on any atom is -0.396 e. The molecule has 3 aromatic rings. The minimum atomic E-state index is -0.133. The fourth-order valence-electron chi connectivity index (χ4n) is 4.08. The van der Waals surface area contributed by atoms with Crippen molar-refractivity contribution in [2.45, 2.75) is 39.2 Å². The molecule has 0 bridgehead atoms. The van der Waals surface area contributed by atoms with Crippen molar-refractivity contribution in [3.63, 3.8) is 0 Å². The van der Waals surface area contributed by atoms with Crippen LogP contribution in [0.4, 0.5) is 11.5 Å². The van der Waals surface area contributed by atoms with Crippen LogP contribution in [0.5, 0.6) is 0 Å². The summed E-state index contributed by atoms with van der Waals surface area (Å²) in [6.45, 7) is 4.23. The van der Waals surface area contributed by atoms with Gasteiger partial charge >= 0.3 is 0 Å². The Bertz CT molecular complexity index is 1230. The highest BCUT2D eigenvalue weighted by molar-refractivity contribution is 5.95. The fraction of sp³-hybridized carbons (Fsp3) is 0.286. The van der Waals surface area contributed by atoms with Gasteiger partial charge in [0.15, 0.2) is 0 Å². The van der Waals surface area contributed by atoms with E-state index in [0.717, 1.165) is 29.7 Å². The number of aliphatic hydroxyl groups is 1. The van der Waals surface area contributed by atoms with Gasteiger partial charge in [-0.15, -0.1) is 0 Å². The number of benzene rings is 2. The molecule has 4 N–H and O–H groups in total. The number of aliphatic hydroxyl groups excluding tert-OH is 1. The summed E-state index contributed by atoms with van der Waals surface area (Å²) in [5, 5.41) is 19.9. The van der Waals surface area contributed by atoms with Crippen LogP contribution in [0.1, 0.15) is 48.2 Å². The molecule has 8 heteroatoms. The highest BCUT2D eigenvalue weighted by Crippen LogP contribution is 2.34. The molecular weight excluding hydrogens is 454 g/mol. The third-order valence-electron chi connectivity index (χ3n) is 5.97. The quantitative estimate of drug-likeness (QED) is 0.472. The molecule has 0 fully saturated rings. The van der Waals surface area contributed by atoms with Crippen LogP contribution in [-0.4, -0.2) is 41.1 Å². The number of pyridine rings is 1. The number of nitrogens with two attached hydrogens (primary N) is 1. The van der Waals surface area contributed by atoms with Crippen LogP contribution in [0, 0.1) is 11.3 Å². The molecular formula is C28H31N5O3. The number of hydrogen-bond donors (Lipinski definition) is 3. The van der Waals surface area contributed by atoms with Crippen LogP contribution >= 0.6 is 0 Å². The van der Waals surface area contributed by atoms with Gasteiger partial charge in [-0.2, -0.15) is 5.26 Å². The van der Waals surface area contributed by atoms with Gasteiger partial charge in [-0.1, -0.05) is 18.2 Å². The first-order valence-corrected chi connectivity index (χ1v) is 11.9. The summed E-state index contributed by atoms with van der Waals surface area (Å²) < 4.78 is 0. The Morgan fingerprint density at radius 3 is 2.50 bits per heavy atom. The number of aromatic nitrogens is 1. The Morgan fingerprint density at radius 2 is 1.89 bits per heavy atom. The van der Waals surface area contributed by atoms with Crippen LogP contribution in [0.2, 0.25) is 0 Å². The second-order valence-corrected chi connectivity index (χ2v) is 8.61. The number of nitriles is 1. The predicted molar refractivity (Wildman–Crippen MR) is 140 cm³/mol. The second-order valence-electron chi connectivity index (χ2n) is 8.61. The Morgan fingerprint density at radius 1 is 1.17 bits per heavy atom. The number of carbonyl (C=O) groups excluding carboxylic acids is 2. The highest BCUT2D eigenvalue weighted by atomic mass is 16.3. The second kappa shape index (κ2) is 12.5. The van der Waals surface area contributed by atoms with Crippen LogP contribution in [-0.2, 0) is 11.2 Å². The van der Waals surface area contributed by atoms with E-state index in [1.807, 2.05) is 47.4 Å². The van der Waals surface area contributed by atoms with E-state index in [-0.39, 0.29) is 24.5 Å². The zero-order valence-electron chi connectivity index (χ0n) is 20.6. The van der Waals surface area contributed by atoms with Crippen molar-refractivity contribution in [2.24, 2.45) is 0 Å². The number of fused-ring (bicyclic) bond motifs is 1. The number of nitrogens with zero attached hydrogens (tertiary/aromatic N) is 3. The molecule has 2 heterocycles. The number of amides is 2. The molecule has 1 aromatic heterocycles. The van der Waals surface area contributed by atoms with Crippen molar-refractivity contribution in [3.05, 3.63) is 77.5 Å². The van der Waals surface area contributed by atoms with Crippen molar-refractivity contribution in [1.82, 2.24) is 10.3 Å². The number of anilines is 2. The molecule has 0 saturated carbocycles.